The zero-order valence-electron chi connectivity index (χ0n) is 18.5. The van der Waals surface area contributed by atoms with Gasteiger partial charge in [0.15, 0.2) is 0 Å². The van der Waals surface area contributed by atoms with Crippen molar-refractivity contribution in [1.82, 2.24) is 4.90 Å². The minimum Gasteiger partial charge on any atom is -0.481 e. The maximum atomic E-state index is 11.7. The molecule has 0 spiro atoms. The summed E-state index contributed by atoms with van der Waals surface area (Å²) < 4.78 is 0. The number of aliphatic hydroxyl groups is 1. The molecule has 2 atom stereocenters. The third-order valence-electron chi connectivity index (χ3n) is 5.54. The predicted molar refractivity (Wildman–Crippen MR) is 115 cm³/mol. The first-order valence-electron chi connectivity index (χ1n) is 10.8. The molecule has 0 aromatic rings. The van der Waals surface area contributed by atoms with Crippen LogP contribution in [0.25, 0.3) is 0 Å². The Labute approximate surface area is 179 Å². The van der Waals surface area contributed by atoms with Gasteiger partial charge >= 0.3 is 11.9 Å². The summed E-state index contributed by atoms with van der Waals surface area (Å²) in [7, 11) is 0. The topological polar surface area (TPSA) is 115 Å². The van der Waals surface area contributed by atoms with Crippen LogP contribution in [0.3, 0.4) is 0 Å². The van der Waals surface area contributed by atoms with Crippen LogP contribution in [-0.2, 0) is 14.4 Å². The van der Waals surface area contributed by atoms with Crippen molar-refractivity contribution in [2.75, 3.05) is 13.1 Å². The first-order chi connectivity index (χ1) is 14.0. The van der Waals surface area contributed by atoms with E-state index in [1.165, 1.54) is 16.5 Å². The molecule has 1 rings (SSSR count). The highest BCUT2D eigenvalue weighted by Gasteiger charge is 2.24. The summed E-state index contributed by atoms with van der Waals surface area (Å²) >= 11 is 0. The Morgan fingerprint density at radius 3 is 2.57 bits per heavy atom. The third kappa shape index (κ3) is 11.1. The Bertz CT molecular complexity index is 665. The Morgan fingerprint density at radius 1 is 1.23 bits per heavy atom. The van der Waals surface area contributed by atoms with E-state index in [-0.39, 0.29) is 24.8 Å². The summed E-state index contributed by atoms with van der Waals surface area (Å²) in [5, 5.41) is 28.2. The molecule has 0 aliphatic carbocycles. The third-order valence-corrected chi connectivity index (χ3v) is 5.54. The molecule has 0 saturated carbocycles. The van der Waals surface area contributed by atoms with Crippen LogP contribution in [0.5, 0.6) is 0 Å². The van der Waals surface area contributed by atoms with Crippen molar-refractivity contribution in [3.63, 3.8) is 0 Å². The zero-order chi connectivity index (χ0) is 22.7. The lowest BCUT2D eigenvalue weighted by atomic mass is 9.91. The molecule has 1 amide bonds. The standard InChI is InChI=1S/C23H37NO6/c1-17(7-4-8-18(2)13-21(26)27)9-5-11-23(3,30)12-6-10-19-14-20(25)24(15-19)16-22(28)29/h9,14,18,30H,4-8,10-13,15-16H2,1-3H3,(H,26,27)(H,28,29)/b17-9+/t18-,23?/m0/s1. The second-order valence-corrected chi connectivity index (χ2v) is 8.93. The Balaban J connectivity index is 2.25. The first-order valence-corrected chi connectivity index (χ1v) is 10.8. The highest BCUT2D eigenvalue weighted by molar-refractivity contribution is 5.93. The summed E-state index contributed by atoms with van der Waals surface area (Å²) in [6, 6.07) is 0. The van der Waals surface area contributed by atoms with Gasteiger partial charge in [-0.25, -0.2) is 0 Å². The predicted octanol–water partition coefficient (Wildman–Crippen LogP) is 3.77. The molecular formula is C23H37NO6. The molecule has 3 N–H and O–H groups in total. The van der Waals surface area contributed by atoms with E-state index in [1.807, 2.05) is 13.8 Å². The van der Waals surface area contributed by atoms with Crippen LogP contribution in [0.15, 0.2) is 23.3 Å². The molecule has 0 saturated heterocycles. The zero-order valence-corrected chi connectivity index (χ0v) is 18.5. The van der Waals surface area contributed by atoms with Gasteiger partial charge in [-0.05, 0) is 76.7 Å². The van der Waals surface area contributed by atoms with Crippen molar-refractivity contribution in [2.24, 2.45) is 5.92 Å². The van der Waals surface area contributed by atoms with Crippen molar-refractivity contribution < 1.29 is 29.7 Å². The van der Waals surface area contributed by atoms with E-state index in [1.54, 1.807) is 0 Å². The molecule has 1 heterocycles. The minimum absolute atomic E-state index is 0.192. The minimum atomic E-state index is -1.01. The summed E-state index contributed by atoms with van der Waals surface area (Å²) in [5.74, 6) is -1.82. The number of carbonyl (C=O) groups is 3. The lowest BCUT2D eigenvalue weighted by Crippen LogP contribution is -2.31. The number of nitrogens with zero attached hydrogens (tertiary/aromatic N) is 1. The smallest absolute Gasteiger partial charge is 0.323 e. The van der Waals surface area contributed by atoms with E-state index < -0.39 is 17.5 Å². The van der Waals surface area contributed by atoms with Crippen LogP contribution < -0.4 is 0 Å². The highest BCUT2D eigenvalue weighted by atomic mass is 16.4. The van der Waals surface area contributed by atoms with Gasteiger partial charge in [-0.15, -0.1) is 0 Å². The van der Waals surface area contributed by atoms with Crippen LogP contribution in [-0.4, -0.2) is 56.8 Å². The van der Waals surface area contributed by atoms with Gasteiger partial charge in [0.25, 0.3) is 0 Å². The summed E-state index contributed by atoms with van der Waals surface area (Å²) in [6.07, 6.45) is 10.2. The number of carbonyl (C=O) groups excluding carboxylic acids is 1. The van der Waals surface area contributed by atoms with Gasteiger partial charge in [0.2, 0.25) is 5.91 Å². The van der Waals surface area contributed by atoms with Gasteiger partial charge in [0.05, 0.1) is 5.60 Å². The lowest BCUT2D eigenvalue weighted by Gasteiger charge is -2.23. The SMILES string of the molecule is C/C(=C\CCC(C)(O)CCCC1=CC(=O)N(CC(=O)O)C1)CCC[C@H](C)CC(=O)O. The molecule has 1 unspecified atom stereocenters. The summed E-state index contributed by atoms with van der Waals surface area (Å²) in [6.45, 7) is 5.95. The van der Waals surface area contributed by atoms with E-state index >= 15 is 0 Å². The van der Waals surface area contributed by atoms with Crippen LogP contribution in [0, 0.1) is 5.92 Å². The largest absolute Gasteiger partial charge is 0.481 e. The molecule has 0 aromatic carbocycles. The van der Waals surface area contributed by atoms with Crippen molar-refractivity contribution in [2.45, 2.75) is 84.2 Å². The van der Waals surface area contributed by atoms with Crippen molar-refractivity contribution in [3.8, 4) is 0 Å². The molecule has 7 nitrogen and oxygen atoms in total. The molecule has 7 heteroatoms. The molecule has 0 radical (unpaired) electrons. The molecule has 30 heavy (non-hydrogen) atoms. The van der Waals surface area contributed by atoms with Crippen molar-refractivity contribution in [1.29, 1.82) is 0 Å². The number of carboxylic acid groups (broad SMARTS) is 2. The second kappa shape index (κ2) is 12.5. The van der Waals surface area contributed by atoms with Gasteiger partial charge in [0, 0.05) is 19.0 Å². The second-order valence-electron chi connectivity index (χ2n) is 8.93. The van der Waals surface area contributed by atoms with Crippen molar-refractivity contribution in [3.05, 3.63) is 23.3 Å². The Hall–Kier alpha value is -2.15. The van der Waals surface area contributed by atoms with Gasteiger partial charge < -0.3 is 20.2 Å². The monoisotopic (exact) mass is 423 g/mol. The summed E-state index contributed by atoms with van der Waals surface area (Å²) in [5.41, 5.74) is 1.41. The number of rotatable bonds is 15. The number of hydrogen-bond acceptors (Lipinski definition) is 4. The van der Waals surface area contributed by atoms with Gasteiger partial charge in [0.1, 0.15) is 6.54 Å². The number of amides is 1. The molecule has 170 valence electrons. The fourth-order valence-electron chi connectivity index (χ4n) is 3.77. The average Bonchev–Trinajstić information content (AvgIpc) is 2.92. The van der Waals surface area contributed by atoms with Gasteiger partial charge in [-0.1, -0.05) is 18.6 Å². The van der Waals surface area contributed by atoms with Crippen LogP contribution in [0.4, 0.5) is 0 Å². The number of hydrogen-bond donors (Lipinski definition) is 3. The fourth-order valence-corrected chi connectivity index (χ4v) is 3.77. The Kier molecular flexibility index (Phi) is 10.8. The molecule has 1 aliphatic rings. The molecule has 1 aliphatic heterocycles. The maximum absolute atomic E-state index is 11.7. The quantitative estimate of drug-likeness (QED) is 0.345. The number of allylic oxidation sites excluding steroid dienone is 2. The highest BCUT2D eigenvalue weighted by Crippen LogP contribution is 2.24. The lowest BCUT2D eigenvalue weighted by molar-refractivity contribution is -0.142. The van der Waals surface area contributed by atoms with E-state index in [0.717, 1.165) is 37.7 Å². The van der Waals surface area contributed by atoms with Crippen LogP contribution >= 0.6 is 0 Å². The van der Waals surface area contributed by atoms with E-state index in [9.17, 15) is 19.5 Å². The number of carboxylic acids is 2. The van der Waals surface area contributed by atoms with Gasteiger partial charge in [-0.3, -0.25) is 14.4 Å². The molecule has 0 bridgehead atoms. The first kappa shape index (κ1) is 25.9. The number of aliphatic carboxylic acids is 2. The average molecular weight is 424 g/mol. The molecule has 0 fully saturated rings. The van der Waals surface area contributed by atoms with E-state index in [0.29, 0.717) is 25.8 Å². The summed E-state index contributed by atoms with van der Waals surface area (Å²) in [4.78, 5) is 34.5. The van der Waals surface area contributed by atoms with Crippen LogP contribution in [0.1, 0.15) is 78.6 Å². The van der Waals surface area contributed by atoms with Crippen molar-refractivity contribution >= 4 is 17.8 Å². The molecule has 0 aromatic heterocycles. The van der Waals surface area contributed by atoms with Crippen LogP contribution in [0.2, 0.25) is 0 Å². The van der Waals surface area contributed by atoms with E-state index in [4.69, 9.17) is 10.2 Å². The van der Waals surface area contributed by atoms with Gasteiger partial charge in [-0.2, -0.15) is 0 Å². The van der Waals surface area contributed by atoms with E-state index in [2.05, 4.69) is 13.0 Å². The maximum Gasteiger partial charge on any atom is 0.323 e. The fraction of sp³-hybridized carbons (Fsp3) is 0.696. The normalized spacial score (nSPS) is 17.6. The Morgan fingerprint density at radius 2 is 1.93 bits per heavy atom. The molecular weight excluding hydrogens is 386 g/mol.